The van der Waals surface area contributed by atoms with E-state index < -0.39 is 45.8 Å². The van der Waals surface area contributed by atoms with Crippen LogP contribution in [-0.4, -0.2) is 57.1 Å². The summed E-state index contributed by atoms with van der Waals surface area (Å²) in [5, 5.41) is 50.9. The standard InChI is InChI=1S/C18H14O8.CH4O/c19-13(11-7-3-1-4-8-11)17(25,15(21)22)18(26,16(23)24)14(20)12-9-5-2-6-10-12;1-2/h1-10,25-26H,(H,21,22)(H,23,24);2H,1H3/p-2/t17-,18-;/m1./s1. The molecule has 2 aromatic rings. The maximum Gasteiger partial charge on any atom is 0.209 e. The highest BCUT2D eigenvalue weighted by atomic mass is 16.5. The minimum absolute atomic E-state index is 0.459. The summed E-state index contributed by atoms with van der Waals surface area (Å²) in [7, 11) is 1.00. The second kappa shape index (κ2) is 9.00. The maximum absolute atomic E-state index is 12.5. The highest BCUT2D eigenvalue weighted by molar-refractivity contribution is 6.27. The maximum atomic E-state index is 12.5. The van der Waals surface area contributed by atoms with E-state index in [1.165, 1.54) is 36.4 Å². The van der Waals surface area contributed by atoms with Gasteiger partial charge < -0.3 is 35.1 Å². The molecule has 0 aliphatic carbocycles. The lowest BCUT2D eigenvalue weighted by molar-refractivity contribution is -0.346. The predicted molar refractivity (Wildman–Crippen MR) is 89.6 cm³/mol. The van der Waals surface area contributed by atoms with Crippen LogP contribution in [0.15, 0.2) is 60.7 Å². The molecule has 0 radical (unpaired) electrons. The molecule has 3 N–H and O–H groups in total. The van der Waals surface area contributed by atoms with Crippen LogP contribution >= 0.6 is 0 Å². The third kappa shape index (κ3) is 3.67. The van der Waals surface area contributed by atoms with E-state index in [0.717, 1.165) is 31.4 Å². The molecule has 28 heavy (non-hydrogen) atoms. The summed E-state index contributed by atoms with van der Waals surface area (Å²) >= 11 is 0. The molecular weight excluding hydrogens is 372 g/mol. The van der Waals surface area contributed by atoms with Gasteiger partial charge in [0.05, 0.1) is 11.9 Å². The molecule has 2 aromatic carbocycles. The van der Waals surface area contributed by atoms with E-state index in [1.807, 2.05) is 0 Å². The molecule has 9 heteroatoms. The topological polar surface area (TPSA) is 175 Å². The van der Waals surface area contributed by atoms with Crippen molar-refractivity contribution in [1.29, 1.82) is 0 Å². The predicted octanol–water partition coefficient (Wildman–Crippen LogP) is -2.68. The van der Waals surface area contributed by atoms with Crippen molar-refractivity contribution >= 4 is 23.5 Å². The van der Waals surface area contributed by atoms with Crippen molar-refractivity contribution in [2.75, 3.05) is 7.11 Å². The number of Topliss-reactive ketones (excluding diaryl/α,β-unsaturated/α-hetero) is 2. The van der Waals surface area contributed by atoms with Crippen LogP contribution < -0.4 is 10.2 Å². The Morgan fingerprint density at radius 2 is 0.893 bits per heavy atom. The van der Waals surface area contributed by atoms with Crippen LogP contribution in [0.5, 0.6) is 0 Å². The summed E-state index contributed by atoms with van der Waals surface area (Å²) < 4.78 is 0. The van der Waals surface area contributed by atoms with E-state index in [2.05, 4.69) is 0 Å². The SMILES string of the molecule is CO.O=C([O-])[C@](O)(C(=O)c1ccccc1)[C@](O)(C(=O)[O-])C(=O)c1ccccc1. The van der Waals surface area contributed by atoms with Crippen LogP contribution in [0, 0.1) is 0 Å². The summed E-state index contributed by atoms with van der Waals surface area (Å²) in [4.78, 5) is 48.1. The van der Waals surface area contributed by atoms with Gasteiger partial charge >= 0.3 is 0 Å². The highest BCUT2D eigenvalue weighted by Gasteiger charge is 2.62. The van der Waals surface area contributed by atoms with Crippen LogP contribution in [0.3, 0.4) is 0 Å². The fourth-order valence-corrected chi connectivity index (χ4v) is 2.41. The molecule has 2 rings (SSSR count). The van der Waals surface area contributed by atoms with Crippen molar-refractivity contribution in [3.8, 4) is 0 Å². The molecule has 2 atom stereocenters. The van der Waals surface area contributed by atoms with Crippen LogP contribution in [0.2, 0.25) is 0 Å². The first-order chi connectivity index (χ1) is 13.2. The molecule has 0 saturated carbocycles. The zero-order valence-electron chi connectivity index (χ0n) is 14.6. The van der Waals surface area contributed by atoms with Crippen molar-refractivity contribution in [1.82, 2.24) is 0 Å². The Labute approximate surface area is 159 Å². The number of aliphatic carboxylic acids is 2. The number of ketones is 2. The van der Waals surface area contributed by atoms with Gasteiger partial charge in [0, 0.05) is 18.2 Å². The fraction of sp³-hybridized carbons (Fsp3) is 0.158. The van der Waals surface area contributed by atoms with Crippen LogP contribution in [0.25, 0.3) is 0 Å². The van der Waals surface area contributed by atoms with Gasteiger partial charge in [-0.1, -0.05) is 60.7 Å². The number of aliphatic hydroxyl groups excluding tert-OH is 1. The number of carbonyl (C=O) groups is 4. The van der Waals surface area contributed by atoms with Crippen molar-refractivity contribution < 1.29 is 44.7 Å². The molecule has 0 aliphatic rings. The number of hydrogen-bond acceptors (Lipinski definition) is 9. The molecular formula is C19H16O9-2. The molecule has 0 amide bonds. The average molecular weight is 388 g/mol. The van der Waals surface area contributed by atoms with E-state index in [1.54, 1.807) is 0 Å². The average Bonchev–Trinajstić information content (AvgIpc) is 2.73. The molecule has 0 saturated heterocycles. The second-order valence-electron chi connectivity index (χ2n) is 5.39. The van der Waals surface area contributed by atoms with E-state index in [-0.39, 0.29) is 0 Å². The molecule has 0 bridgehead atoms. The molecule has 0 aliphatic heterocycles. The number of benzene rings is 2. The number of hydrogen-bond donors (Lipinski definition) is 3. The minimum Gasteiger partial charge on any atom is -0.546 e. The quantitative estimate of drug-likeness (QED) is 0.337. The Morgan fingerprint density at radius 1 is 0.643 bits per heavy atom. The van der Waals surface area contributed by atoms with Gasteiger partial charge in [0.1, 0.15) is 0 Å². The molecule has 0 heterocycles. The largest absolute Gasteiger partial charge is 0.546 e. The van der Waals surface area contributed by atoms with Gasteiger partial charge in [-0.2, -0.15) is 0 Å². The Hall–Kier alpha value is -3.40. The number of carboxylic acids is 2. The van der Waals surface area contributed by atoms with Gasteiger partial charge in [0.25, 0.3) is 0 Å². The van der Waals surface area contributed by atoms with E-state index in [0.29, 0.717) is 0 Å². The van der Waals surface area contributed by atoms with Crippen LogP contribution in [0.4, 0.5) is 0 Å². The normalized spacial score (nSPS) is 14.4. The van der Waals surface area contributed by atoms with Crippen molar-refractivity contribution in [3.63, 3.8) is 0 Å². The van der Waals surface area contributed by atoms with Crippen LogP contribution in [-0.2, 0) is 9.59 Å². The first kappa shape index (κ1) is 22.6. The number of carboxylic acid groups (broad SMARTS) is 2. The molecule has 0 spiro atoms. The van der Waals surface area contributed by atoms with Gasteiger partial charge in [0.15, 0.2) is 0 Å². The zero-order valence-corrected chi connectivity index (χ0v) is 14.6. The molecule has 0 aromatic heterocycles. The number of rotatable bonds is 7. The Morgan fingerprint density at radius 3 is 1.11 bits per heavy atom. The van der Waals surface area contributed by atoms with Gasteiger partial charge in [-0.05, 0) is 0 Å². The third-order valence-electron chi connectivity index (χ3n) is 3.84. The summed E-state index contributed by atoms with van der Waals surface area (Å²) in [6, 6.07) is 12.4. The van der Waals surface area contributed by atoms with Gasteiger partial charge in [-0.25, -0.2) is 0 Å². The second-order valence-corrected chi connectivity index (χ2v) is 5.39. The lowest BCUT2D eigenvalue weighted by Crippen LogP contribution is -2.76. The van der Waals surface area contributed by atoms with Crippen molar-refractivity contribution in [3.05, 3.63) is 71.8 Å². The Kier molecular flexibility index (Phi) is 7.28. The van der Waals surface area contributed by atoms with Crippen molar-refractivity contribution in [2.45, 2.75) is 11.2 Å². The summed E-state index contributed by atoms with van der Waals surface area (Å²) in [6.07, 6.45) is 0. The van der Waals surface area contributed by atoms with Gasteiger partial charge in [-0.3, -0.25) is 9.59 Å². The Balaban J connectivity index is 0.00000190. The lowest BCUT2D eigenvalue weighted by atomic mass is 9.73. The zero-order chi connectivity index (χ0) is 21.5. The monoisotopic (exact) mass is 388 g/mol. The number of aliphatic hydroxyl groups is 3. The number of carbonyl (C=O) groups excluding carboxylic acids is 4. The third-order valence-corrected chi connectivity index (χ3v) is 3.84. The van der Waals surface area contributed by atoms with Gasteiger partial charge in [0.2, 0.25) is 22.8 Å². The van der Waals surface area contributed by atoms with E-state index in [9.17, 15) is 39.6 Å². The summed E-state index contributed by atoms with van der Waals surface area (Å²) in [5.41, 5.74) is -9.17. The molecule has 148 valence electrons. The van der Waals surface area contributed by atoms with Gasteiger partial charge in [-0.15, -0.1) is 0 Å². The minimum atomic E-state index is -4.12. The molecule has 0 unspecified atom stereocenters. The lowest BCUT2D eigenvalue weighted by Gasteiger charge is -2.42. The van der Waals surface area contributed by atoms with E-state index >= 15 is 0 Å². The van der Waals surface area contributed by atoms with Crippen molar-refractivity contribution in [2.24, 2.45) is 0 Å². The fourth-order valence-electron chi connectivity index (χ4n) is 2.41. The Bertz CT molecular complexity index is 790. The first-order valence-electron chi connectivity index (χ1n) is 7.69. The van der Waals surface area contributed by atoms with Crippen LogP contribution in [0.1, 0.15) is 20.7 Å². The summed E-state index contributed by atoms with van der Waals surface area (Å²) in [6.45, 7) is 0. The highest BCUT2D eigenvalue weighted by Crippen LogP contribution is 2.30. The molecule has 9 nitrogen and oxygen atoms in total. The summed E-state index contributed by atoms with van der Waals surface area (Å²) in [5.74, 6) is -8.81. The smallest absolute Gasteiger partial charge is 0.209 e. The first-order valence-corrected chi connectivity index (χ1v) is 7.69. The molecule has 0 fully saturated rings. The van der Waals surface area contributed by atoms with E-state index in [4.69, 9.17) is 5.11 Å².